The molecule has 2 fully saturated rings. The van der Waals surface area contributed by atoms with Crippen LogP contribution in [0.2, 0.25) is 0 Å². The molecule has 0 aromatic heterocycles. The maximum absolute atomic E-state index is 11.3. The van der Waals surface area contributed by atoms with Gasteiger partial charge in [0, 0.05) is 6.04 Å². The van der Waals surface area contributed by atoms with Crippen LogP contribution in [0.1, 0.15) is 51.9 Å². The van der Waals surface area contributed by atoms with Crippen LogP contribution in [0, 0.1) is 5.92 Å². The molecule has 0 heterocycles. The van der Waals surface area contributed by atoms with Crippen LogP contribution in [0.5, 0.6) is 0 Å². The van der Waals surface area contributed by atoms with Crippen LogP contribution < -0.4 is 11.1 Å². The molecule has 3 atom stereocenters. The average Bonchev–Trinajstić information content (AvgIpc) is 3.18. The number of carbonyl (C=O) groups excluding carboxylic acids is 1. The molecular formula is C14H26N2O2. The highest BCUT2D eigenvalue weighted by atomic mass is 16.5. The Bertz CT molecular complexity index is 279. The molecule has 0 spiro atoms. The van der Waals surface area contributed by atoms with Gasteiger partial charge in [0.05, 0.1) is 12.7 Å². The summed E-state index contributed by atoms with van der Waals surface area (Å²) in [7, 11) is 0. The second-order valence-corrected chi connectivity index (χ2v) is 5.79. The van der Waals surface area contributed by atoms with Crippen LogP contribution in [0.25, 0.3) is 0 Å². The summed E-state index contributed by atoms with van der Waals surface area (Å²) in [5.41, 5.74) is 5.40. The number of hydrogen-bond donors (Lipinski definition) is 2. The van der Waals surface area contributed by atoms with Crippen molar-refractivity contribution in [3.8, 4) is 0 Å². The minimum absolute atomic E-state index is 0.287. The molecule has 1 amide bonds. The number of primary amides is 1. The quantitative estimate of drug-likeness (QED) is 0.725. The van der Waals surface area contributed by atoms with Crippen molar-refractivity contribution in [2.75, 3.05) is 6.61 Å². The van der Waals surface area contributed by atoms with Crippen LogP contribution in [0.4, 0.5) is 0 Å². The van der Waals surface area contributed by atoms with Gasteiger partial charge in [0.15, 0.2) is 0 Å². The van der Waals surface area contributed by atoms with Crippen LogP contribution in [-0.4, -0.2) is 30.7 Å². The molecule has 2 aliphatic rings. The van der Waals surface area contributed by atoms with E-state index in [-0.39, 0.29) is 11.9 Å². The molecule has 2 saturated carbocycles. The second-order valence-electron chi connectivity index (χ2n) is 5.79. The zero-order valence-corrected chi connectivity index (χ0v) is 11.4. The Labute approximate surface area is 110 Å². The minimum Gasteiger partial charge on any atom is -0.376 e. The lowest BCUT2D eigenvalue weighted by Crippen LogP contribution is -2.46. The molecule has 0 radical (unpaired) electrons. The highest BCUT2D eigenvalue weighted by molar-refractivity contribution is 5.80. The van der Waals surface area contributed by atoms with Crippen molar-refractivity contribution < 1.29 is 9.53 Å². The standard InChI is InChI=1S/C14H26N2O2/c1-2-10-4-3-5-12(8-10)18-9-13(14(15)17)16-11-6-7-11/h10-13,16H,2-9H2,1H3,(H2,15,17). The van der Waals surface area contributed by atoms with E-state index in [1.165, 1.54) is 19.3 Å². The third-order valence-corrected chi connectivity index (χ3v) is 4.17. The van der Waals surface area contributed by atoms with E-state index in [1.807, 2.05) is 0 Å². The molecule has 104 valence electrons. The van der Waals surface area contributed by atoms with Crippen LogP contribution in [-0.2, 0) is 9.53 Å². The third kappa shape index (κ3) is 4.25. The van der Waals surface area contributed by atoms with Crippen LogP contribution in [0.3, 0.4) is 0 Å². The number of amides is 1. The van der Waals surface area contributed by atoms with Gasteiger partial charge in [0.25, 0.3) is 0 Å². The summed E-state index contributed by atoms with van der Waals surface area (Å²) in [5.74, 6) is 0.511. The molecule has 4 heteroatoms. The number of nitrogens with two attached hydrogens (primary N) is 1. The smallest absolute Gasteiger partial charge is 0.236 e. The maximum Gasteiger partial charge on any atom is 0.236 e. The number of carbonyl (C=O) groups is 1. The van der Waals surface area contributed by atoms with Gasteiger partial charge in [-0.2, -0.15) is 0 Å². The Morgan fingerprint density at radius 3 is 2.78 bits per heavy atom. The predicted molar refractivity (Wildman–Crippen MR) is 71.1 cm³/mol. The Hall–Kier alpha value is -0.610. The van der Waals surface area contributed by atoms with Crippen molar-refractivity contribution >= 4 is 5.91 Å². The largest absolute Gasteiger partial charge is 0.376 e. The van der Waals surface area contributed by atoms with Crippen molar-refractivity contribution in [1.82, 2.24) is 5.32 Å². The van der Waals surface area contributed by atoms with E-state index in [1.54, 1.807) is 0 Å². The molecule has 4 nitrogen and oxygen atoms in total. The van der Waals surface area contributed by atoms with E-state index in [4.69, 9.17) is 10.5 Å². The number of hydrogen-bond acceptors (Lipinski definition) is 3. The fourth-order valence-electron chi connectivity index (χ4n) is 2.74. The van der Waals surface area contributed by atoms with Crippen molar-refractivity contribution in [3.05, 3.63) is 0 Å². The Morgan fingerprint density at radius 2 is 2.17 bits per heavy atom. The van der Waals surface area contributed by atoms with E-state index in [2.05, 4.69) is 12.2 Å². The first-order valence-corrected chi connectivity index (χ1v) is 7.36. The van der Waals surface area contributed by atoms with E-state index >= 15 is 0 Å². The van der Waals surface area contributed by atoms with Crippen molar-refractivity contribution in [3.63, 3.8) is 0 Å². The van der Waals surface area contributed by atoms with Gasteiger partial charge in [-0.1, -0.05) is 26.2 Å². The van der Waals surface area contributed by atoms with Gasteiger partial charge in [-0.05, 0) is 31.6 Å². The van der Waals surface area contributed by atoms with E-state index in [0.29, 0.717) is 18.8 Å². The molecule has 0 bridgehead atoms. The van der Waals surface area contributed by atoms with Crippen molar-refractivity contribution in [2.45, 2.75) is 70.1 Å². The van der Waals surface area contributed by atoms with Crippen LogP contribution >= 0.6 is 0 Å². The fraction of sp³-hybridized carbons (Fsp3) is 0.929. The summed E-state index contributed by atoms with van der Waals surface area (Å²) in [6.45, 7) is 2.68. The molecule has 0 saturated heterocycles. The molecule has 0 aliphatic heterocycles. The summed E-state index contributed by atoms with van der Waals surface area (Å²) in [6, 6.07) is 0.181. The predicted octanol–water partition coefficient (Wildman–Crippen LogP) is 1.58. The normalized spacial score (nSPS) is 30.1. The topological polar surface area (TPSA) is 64.3 Å². The average molecular weight is 254 g/mol. The molecule has 2 aliphatic carbocycles. The highest BCUT2D eigenvalue weighted by Crippen LogP contribution is 2.28. The molecule has 18 heavy (non-hydrogen) atoms. The second kappa shape index (κ2) is 6.53. The van der Waals surface area contributed by atoms with Crippen molar-refractivity contribution in [2.24, 2.45) is 11.7 Å². The SMILES string of the molecule is CCC1CCCC(OCC(NC2CC2)C(N)=O)C1. The first-order valence-electron chi connectivity index (χ1n) is 7.36. The Balaban J connectivity index is 1.72. The van der Waals surface area contributed by atoms with E-state index in [9.17, 15) is 4.79 Å². The van der Waals surface area contributed by atoms with Gasteiger partial charge in [0.1, 0.15) is 6.04 Å². The summed E-state index contributed by atoms with van der Waals surface area (Å²) in [5, 5.41) is 3.26. The number of nitrogens with one attached hydrogen (secondary N) is 1. The lowest BCUT2D eigenvalue weighted by atomic mass is 9.85. The van der Waals surface area contributed by atoms with Crippen molar-refractivity contribution in [1.29, 1.82) is 0 Å². The molecular weight excluding hydrogens is 228 g/mol. The molecule has 0 aromatic carbocycles. The highest BCUT2D eigenvalue weighted by Gasteiger charge is 2.29. The Morgan fingerprint density at radius 1 is 1.39 bits per heavy atom. The van der Waals surface area contributed by atoms with Gasteiger partial charge in [-0.3, -0.25) is 4.79 Å². The van der Waals surface area contributed by atoms with Gasteiger partial charge >= 0.3 is 0 Å². The number of rotatable bonds is 7. The zero-order valence-electron chi connectivity index (χ0n) is 11.4. The maximum atomic E-state index is 11.3. The fourth-order valence-corrected chi connectivity index (χ4v) is 2.74. The van der Waals surface area contributed by atoms with E-state index in [0.717, 1.165) is 31.6 Å². The van der Waals surface area contributed by atoms with Gasteiger partial charge < -0.3 is 15.8 Å². The summed E-state index contributed by atoms with van der Waals surface area (Å²) >= 11 is 0. The summed E-state index contributed by atoms with van der Waals surface area (Å²) in [6.07, 6.45) is 8.73. The molecule has 0 aromatic rings. The summed E-state index contributed by atoms with van der Waals surface area (Å²) in [4.78, 5) is 11.3. The summed E-state index contributed by atoms with van der Waals surface area (Å²) < 4.78 is 5.90. The molecule has 3 N–H and O–H groups in total. The molecule has 2 rings (SSSR count). The van der Waals surface area contributed by atoms with Gasteiger partial charge in [-0.15, -0.1) is 0 Å². The lowest BCUT2D eigenvalue weighted by Gasteiger charge is -2.29. The zero-order chi connectivity index (χ0) is 13.0. The van der Waals surface area contributed by atoms with Gasteiger partial charge in [0.2, 0.25) is 5.91 Å². The first kappa shape index (κ1) is 13.8. The minimum atomic E-state index is -0.306. The number of ether oxygens (including phenoxy) is 1. The molecule has 3 unspecified atom stereocenters. The third-order valence-electron chi connectivity index (χ3n) is 4.17. The van der Waals surface area contributed by atoms with Gasteiger partial charge in [-0.25, -0.2) is 0 Å². The first-order chi connectivity index (χ1) is 8.69. The monoisotopic (exact) mass is 254 g/mol. The lowest BCUT2D eigenvalue weighted by molar-refractivity contribution is -0.122. The Kier molecular flexibility index (Phi) is 5.01. The van der Waals surface area contributed by atoms with E-state index < -0.39 is 0 Å². The van der Waals surface area contributed by atoms with Crippen LogP contribution in [0.15, 0.2) is 0 Å².